The minimum absolute atomic E-state index is 0.00702. The van der Waals surface area contributed by atoms with E-state index in [0.29, 0.717) is 17.0 Å². The number of hydrogen-bond acceptors (Lipinski definition) is 2. The van der Waals surface area contributed by atoms with Crippen LogP contribution in [-0.2, 0) is 0 Å². The fourth-order valence-electron chi connectivity index (χ4n) is 1.69. The van der Waals surface area contributed by atoms with E-state index in [0.717, 1.165) is 5.39 Å². The van der Waals surface area contributed by atoms with Gasteiger partial charge in [-0.1, -0.05) is 11.6 Å². The molecule has 0 aliphatic carbocycles. The van der Waals surface area contributed by atoms with Crippen molar-refractivity contribution in [2.45, 2.75) is 13.0 Å². The Bertz CT molecular complexity index is 577. The molecule has 0 saturated carbocycles. The van der Waals surface area contributed by atoms with Crippen molar-refractivity contribution in [3.05, 3.63) is 45.8 Å². The smallest absolute Gasteiger partial charge is 0.258 e. The van der Waals surface area contributed by atoms with E-state index in [4.69, 9.17) is 17.3 Å². The van der Waals surface area contributed by atoms with Gasteiger partial charge in [-0.25, -0.2) is 0 Å². The number of pyridine rings is 1. The maximum Gasteiger partial charge on any atom is 0.258 e. The van der Waals surface area contributed by atoms with E-state index < -0.39 is 0 Å². The Balaban J connectivity index is 2.71. The van der Waals surface area contributed by atoms with Crippen molar-refractivity contribution in [2.24, 2.45) is 5.73 Å². The molecule has 0 aliphatic heterocycles. The number of fused-ring (bicyclic) bond motifs is 1. The molecule has 0 radical (unpaired) electrons. The number of aromatic nitrogens is 1. The standard InChI is InChI=1S/C12H13ClN2O/c1-8(7-14)15-5-4-9-6-10(13)2-3-11(9)12(15)16/h2-6,8H,7,14H2,1H3. The van der Waals surface area contributed by atoms with Crippen molar-refractivity contribution < 1.29 is 0 Å². The Morgan fingerprint density at radius 2 is 2.19 bits per heavy atom. The topological polar surface area (TPSA) is 48.0 Å². The minimum atomic E-state index is -0.0212. The zero-order valence-corrected chi connectivity index (χ0v) is 9.74. The lowest BCUT2D eigenvalue weighted by Crippen LogP contribution is -2.27. The van der Waals surface area contributed by atoms with Crippen LogP contribution in [0.4, 0.5) is 0 Å². The highest BCUT2D eigenvalue weighted by Gasteiger charge is 2.07. The van der Waals surface area contributed by atoms with Crippen LogP contribution in [0.1, 0.15) is 13.0 Å². The molecule has 2 aromatic rings. The second kappa shape index (κ2) is 4.28. The van der Waals surface area contributed by atoms with Crippen LogP contribution in [0, 0.1) is 0 Å². The van der Waals surface area contributed by atoms with Crippen LogP contribution in [0.15, 0.2) is 35.3 Å². The molecular formula is C12H13ClN2O. The molecule has 0 amide bonds. The average molecular weight is 237 g/mol. The Kier molecular flexibility index (Phi) is 2.99. The van der Waals surface area contributed by atoms with Crippen molar-refractivity contribution in [1.82, 2.24) is 4.57 Å². The van der Waals surface area contributed by atoms with E-state index in [1.54, 1.807) is 29.0 Å². The van der Waals surface area contributed by atoms with Gasteiger partial charge >= 0.3 is 0 Å². The zero-order chi connectivity index (χ0) is 11.7. The minimum Gasteiger partial charge on any atom is -0.328 e. The summed E-state index contributed by atoms with van der Waals surface area (Å²) in [6.07, 6.45) is 1.76. The summed E-state index contributed by atoms with van der Waals surface area (Å²) in [6, 6.07) is 7.15. The number of rotatable bonds is 2. The van der Waals surface area contributed by atoms with E-state index >= 15 is 0 Å². The van der Waals surface area contributed by atoms with Crippen LogP contribution in [-0.4, -0.2) is 11.1 Å². The molecule has 2 N–H and O–H groups in total. The molecule has 2 rings (SSSR count). The summed E-state index contributed by atoms with van der Waals surface area (Å²) in [5.41, 5.74) is 5.54. The molecule has 0 saturated heterocycles. The third-order valence-electron chi connectivity index (χ3n) is 2.71. The highest BCUT2D eigenvalue weighted by Crippen LogP contribution is 2.16. The van der Waals surface area contributed by atoms with Gasteiger partial charge in [0, 0.05) is 29.2 Å². The van der Waals surface area contributed by atoms with Crippen molar-refractivity contribution in [2.75, 3.05) is 6.54 Å². The van der Waals surface area contributed by atoms with Gasteiger partial charge in [0.25, 0.3) is 5.56 Å². The maximum atomic E-state index is 12.1. The summed E-state index contributed by atoms with van der Waals surface area (Å²) in [7, 11) is 0. The van der Waals surface area contributed by atoms with Crippen molar-refractivity contribution in [3.63, 3.8) is 0 Å². The second-order valence-corrected chi connectivity index (χ2v) is 4.28. The summed E-state index contributed by atoms with van der Waals surface area (Å²) in [6.45, 7) is 2.36. The van der Waals surface area contributed by atoms with Gasteiger partial charge in [0.2, 0.25) is 0 Å². The molecule has 1 unspecified atom stereocenters. The van der Waals surface area contributed by atoms with E-state index in [9.17, 15) is 4.79 Å². The quantitative estimate of drug-likeness (QED) is 0.869. The highest BCUT2D eigenvalue weighted by molar-refractivity contribution is 6.31. The third-order valence-corrected chi connectivity index (χ3v) is 2.94. The van der Waals surface area contributed by atoms with Crippen molar-refractivity contribution in [1.29, 1.82) is 0 Å². The van der Waals surface area contributed by atoms with Crippen LogP contribution in [0.2, 0.25) is 5.02 Å². The number of nitrogens with zero attached hydrogens (tertiary/aromatic N) is 1. The van der Waals surface area contributed by atoms with Crippen molar-refractivity contribution >= 4 is 22.4 Å². The average Bonchev–Trinajstić information content (AvgIpc) is 2.28. The Morgan fingerprint density at radius 3 is 2.88 bits per heavy atom. The molecule has 4 heteroatoms. The van der Waals surface area contributed by atoms with Gasteiger partial charge in [0.1, 0.15) is 0 Å². The lowest BCUT2D eigenvalue weighted by Gasteiger charge is -2.13. The predicted molar refractivity (Wildman–Crippen MR) is 67.0 cm³/mol. The van der Waals surface area contributed by atoms with Crippen molar-refractivity contribution in [3.8, 4) is 0 Å². The normalized spacial score (nSPS) is 12.9. The van der Waals surface area contributed by atoms with Gasteiger partial charge in [-0.05, 0) is 36.6 Å². The van der Waals surface area contributed by atoms with Gasteiger partial charge in [0.05, 0.1) is 0 Å². The Morgan fingerprint density at radius 1 is 1.44 bits per heavy atom. The van der Waals surface area contributed by atoms with Gasteiger partial charge in [-0.2, -0.15) is 0 Å². The van der Waals surface area contributed by atoms with E-state index in [1.807, 2.05) is 13.0 Å². The molecule has 0 aliphatic rings. The second-order valence-electron chi connectivity index (χ2n) is 3.84. The van der Waals surface area contributed by atoms with Gasteiger partial charge in [-0.15, -0.1) is 0 Å². The van der Waals surface area contributed by atoms with Crippen LogP contribution < -0.4 is 11.3 Å². The fraction of sp³-hybridized carbons (Fsp3) is 0.250. The van der Waals surface area contributed by atoms with E-state index in [1.165, 1.54) is 0 Å². The summed E-state index contributed by atoms with van der Waals surface area (Å²) in [5.74, 6) is 0. The SMILES string of the molecule is CC(CN)n1ccc2cc(Cl)ccc2c1=O. The van der Waals surface area contributed by atoms with Crippen LogP contribution in [0.3, 0.4) is 0 Å². The lowest BCUT2D eigenvalue weighted by atomic mass is 10.1. The molecule has 1 heterocycles. The molecule has 3 nitrogen and oxygen atoms in total. The number of halogens is 1. The van der Waals surface area contributed by atoms with Gasteiger partial charge in [-0.3, -0.25) is 4.79 Å². The van der Waals surface area contributed by atoms with E-state index in [-0.39, 0.29) is 11.6 Å². The summed E-state index contributed by atoms with van der Waals surface area (Å²) in [5, 5.41) is 2.17. The van der Waals surface area contributed by atoms with Gasteiger partial charge < -0.3 is 10.3 Å². The lowest BCUT2D eigenvalue weighted by molar-refractivity contribution is 0.543. The summed E-state index contributed by atoms with van der Waals surface area (Å²) in [4.78, 5) is 12.1. The molecule has 84 valence electrons. The summed E-state index contributed by atoms with van der Waals surface area (Å²) >= 11 is 5.87. The maximum absolute atomic E-state index is 12.1. The molecule has 1 atom stereocenters. The fourth-order valence-corrected chi connectivity index (χ4v) is 1.87. The first kappa shape index (κ1) is 11.2. The largest absolute Gasteiger partial charge is 0.328 e. The first-order valence-corrected chi connectivity index (χ1v) is 5.51. The van der Waals surface area contributed by atoms with Crippen LogP contribution >= 0.6 is 11.6 Å². The van der Waals surface area contributed by atoms with Crippen LogP contribution in [0.5, 0.6) is 0 Å². The Hall–Kier alpha value is -1.32. The van der Waals surface area contributed by atoms with Gasteiger partial charge in [0.15, 0.2) is 0 Å². The molecule has 0 bridgehead atoms. The Labute approximate surface area is 98.4 Å². The molecular weight excluding hydrogens is 224 g/mol. The molecule has 1 aromatic carbocycles. The van der Waals surface area contributed by atoms with E-state index in [2.05, 4.69) is 0 Å². The third kappa shape index (κ3) is 1.84. The molecule has 0 fully saturated rings. The first-order valence-electron chi connectivity index (χ1n) is 5.14. The zero-order valence-electron chi connectivity index (χ0n) is 8.98. The highest BCUT2D eigenvalue weighted by atomic mass is 35.5. The number of nitrogens with two attached hydrogens (primary N) is 1. The number of hydrogen-bond donors (Lipinski definition) is 1. The predicted octanol–water partition coefficient (Wildman–Crippen LogP) is 2.17. The van der Waals surface area contributed by atoms with Crippen LogP contribution in [0.25, 0.3) is 10.8 Å². The molecule has 0 spiro atoms. The molecule has 1 aromatic heterocycles. The monoisotopic (exact) mass is 236 g/mol. The molecule has 16 heavy (non-hydrogen) atoms. The number of benzene rings is 1. The summed E-state index contributed by atoms with van der Waals surface area (Å²) < 4.78 is 1.65. The first-order chi connectivity index (χ1) is 7.63.